The predicted octanol–water partition coefficient (Wildman–Crippen LogP) is 5.69. The van der Waals surface area contributed by atoms with E-state index in [9.17, 15) is 0 Å². The van der Waals surface area contributed by atoms with Crippen molar-refractivity contribution in [3.05, 3.63) is 0 Å². The first kappa shape index (κ1) is 28.8. The van der Waals surface area contributed by atoms with Crippen molar-refractivity contribution in [3.63, 3.8) is 0 Å². The SMILES string of the molecule is CCCCCCCCCCCCC(CCC)[S+](CCCC)CCCC.[Cl-]. The summed E-state index contributed by atoms with van der Waals surface area (Å²) in [5, 5.41) is 1.05. The smallest absolute Gasteiger partial charge is 0.118 e. The molecule has 0 aromatic carbocycles. The quantitative estimate of drug-likeness (QED) is 0.180. The van der Waals surface area contributed by atoms with Crippen LogP contribution in [0.1, 0.15) is 137 Å². The van der Waals surface area contributed by atoms with Gasteiger partial charge in [-0.1, -0.05) is 105 Å². The molecule has 0 bridgehead atoms. The molecule has 0 aromatic heterocycles. The van der Waals surface area contributed by atoms with Gasteiger partial charge in [-0.05, 0) is 43.0 Å². The molecule has 1 unspecified atom stereocenters. The summed E-state index contributed by atoms with van der Waals surface area (Å²) in [6, 6.07) is 0. The van der Waals surface area contributed by atoms with E-state index in [0.717, 1.165) is 16.1 Å². The summed E-state index contributed by atoms with van der Waals surface area (Å²) in [5.74, 6) is 3.05. The third kappa shape index (κ3) is 18.0. The van der Waals surface area contributed by atoms with Gasteiger partial charge in [0.15, 0.2) is 0 Å². The van der Waals surface area contributed by atoms with Gasteiger partial charge in [-0.2, -0.15) is 0 Å². The van der Waals surface area contributed by atoms with E-state index in [2.05, 4.69) is 27.7 Å². The number of rotatable bonds is 20. The van der Waals surface area contributed by atoms with Crippen LogP contribution >= 0.6 is 0 Å². The summed E-state index contributed by atoms with van der Waals surface area (Å²) in [7, 11) is 0.724. The van der Waals surface area contributed by atoms with Crippen LogP contribution in [0.25, 0.3) is 0 Å². The Kier molecular flexibility index (Phi) is 26.3. The molecule has 0 N–H and O–H groups in total. The Morgan fingerprint density at radius 2 is 0.885 bits per heavy atom. The molecule has 0 fully saturated rings. The lowest BCUT2D eigenvalue weighted by Crippen LogP contribution is -3.00. The maximum absolute atomic E-state index is 2.40. The van der Waals surface area contributed by atoms with Crippen LogP contribution in [0, 0.1) is 0 Å². The molecule has 0 saturated carbocycles. The highest BCUT2D eigenvalue weighted by atomic mass is 35.5. The molecule has 0 aromatic rings. The number of halogens is 1. The topological polar surface area (TPSA) is 0 Å². The van der Waals surface area contributed by atoms with Crippen molar-refractivity contribution in [1.82, 2.24) is 0 Å². The van der Waals surface area contributed by atoms with E-state index in [1.54, 1.807) is 0 Å². The summed E-state index contributed by atoms with van der Waals surface area (Å²) in [6.45, 7) is 9.42. The largest absolute Gasteiger partial charge is 1.00 e. The average Bonchev–Trinajstić information content (AvgIpc) is 2.62. The molecule has 1 atom stereocenters. The van der Waals surface area contributed by atoms with Gasteiger partial charge in [-0.3, -0.25) is 0 Å². The van der Waals surface area contributed by atoms with Crippen molar-refractivity contribution in [3.8, 4) is 0 Å². The zero-order valence-electron chi connectivity index (χ0n) is 18.8. The molecule has 0 aliphatic heterocycles. The minimum atomic E-state index is 0. The first-order chi connectivity index (χ1) is 12.3. The zero-order valence-corrected chi connectivity index (χ0v) is 20.4. The molecule has 160 valence electrons. The van der Waals surface area contributed by atoms with Gasteiger partial charge in [0.2, 0.25) is 0 Å². The number of hydrogen-bond acceptors (Lipinski definition) is 0. The fourth-order valence-corrected chi connectivity index (χ4v) is 7.01. The summed E-state index contributed by atoms with van der Waals surface area (Å²) in [4.78, 5) is 0. The molecule has 0 spiro atoms. The number of unbranched alkanes of at least 4 members (excludes halogenated alkanes) is 11. The minimum absolute atomic E-state index is 0. The fourth-order valence-electron chi connectivity index (χ4n) is 3.75. The van der Waals surface area contributed by atoms with E-state index >= 15 is 0 Å². The van der Waals surface area contributed by atoms with Crippen LogP contribution in [0.15, 0.2) is 0 Å². The van der Waals surface area contributed by atoms with Gasteiger partial charge in [0.1, 0.15) is 16.8 Å². The second kappa shape index (κ2) is 23.7. The van der Waals surface area contributed by atoms with Gasteiger partial charge in [-0.25, -0.2) is 0 Å². The number of hydrogen-bond donors (Lipinski definition) is 0. The van der Waals surface area contributed by atoms with Gasteiger partial charge in [0.25, 0.3) is 0 Å². The van der Waals surface area contributed by atoms with Crippen LogP contribution in [0.3, 0.4) is 0 Å². The highest BCUT2D eigenvalue weighted by Gasteiger charge is 2.28. The van der Waals surface area contributed by atoms with Crippen LogP contribution in [0.5, 0.6) is 0 Å². The van der Waals surface area contributed by atoms with Crippen LogP contribution in [-0.4, -0.2) is 16.8 Å². The molecule has 0 rings (SSSR count). The molecular weight excluding hydrogens is 356 g/mol. The van der Waals surface area contributed by atoms with E-state index in [0.29, 0.717) is 0 Å². The Labute approximate surface area is 176 Å². The van der Waals surface area contributed by atoms with Gasteiger partial charge >= 0.3 is 0 Å². The molecule has 26 heavy (non-hydrogen) atoms. The van der Waals surface area contributed by atoms with Crippen LogP contribution < -0.4 is 12.4 Å². The Hall–Kier alpha value is 0.640. The molecule has 0 saturated heterocycles. The molecule has 2 heteroatoms. The predicted molar refractivity (Wildman–Crippen MR) is 122 cm³/mol. The lowest BCUT2D eigenvalue weighted by Gasteiger charge is -2.19. The first-order valence-corrected chi connectivity index (χ1v) is 13.6. The van der Waals surface area contributed by atoms with Crippen molar-refractivity contribution in [2.75, 3.05) is 11.5 Å². The van der Waals surface area contributed by atoms with Gasteiger partial charge in [-0.15, -0.1) is 0 Å². The Morgan fingerprint density at radius 3 is 1.31 bits per heavy atom. The van der Waals surface area contributed by atoms with E-state index in [-0.39, 0.29) is 12.4 Å². The van der Waals surface area contributed by atoms with Gasteiger partial charge in [0.05, 0.1) is 0 Å². The van der Waals surface area contributed by atoms with Crippen molar-refractivity contribution < 1.29 is 12.4 Å². The van der Waals surface area contributed by atoms with Gasteiger partial charge in [0, 0.05) is 0 Å². The second-order valence-electron chi connectivity index (χ2n) is 8.03. The summed E-state index contributed by atoms with van der Waals surface area (Å²) in [6.07, 6.45) is 24.8. The fraction of sp³-hybridized carbons (Fsp3) is 1.00. The maximum Gasteiger partial charge on any atom is 0.118 e. The zero-order chi connectivity index (χ0) is 18.6. The van der Waals surface area contributed by atoms with Crippen LogP contribution in [0.4, 0.5) is 0 Å². The van der Waals surface area contributed by atoms with E-state index in [1.807, 2.05) is 0 Å². The average molecular weight is 407 g/mol. The van der Waals surface area contributed by atoms with Crippen molar-refractivity contribution in [1.29, 1.82) is 0 Å². The highest BCUT2D eigenvalue weighted by Crippen LogP contribution is 2.23. The standard InChI is InChI=1S/C24H51S.ClH/c1-5-9-12-13-14-15-16-17-18-19-21-24(20-8-4)25(22-10-6-2)23-11-7-3;/h24H,5-23H2,1-4H3;1H/q+1;/p-1. The summed E-state index contributed by atoms with van der Waals surface area (Å²) >= 11 is 0. The molecule has 0 heterocycles. The van der Waals surface area contributed by atoms with E-state index in [4.69, 9.17) is 0 Å². The van der Waals surface area contributed by atoms with Gasteiger partial charge < -0.3 is 12.4 Å². The van der Waals surface area contributed by atoms with Crippen LogP contribution in [0.2, 0.25) is 0 Å². The monoisotopic (exact) mass is 406 g/mol. The molecule has 0 aliphatic carbocycles. The highest BCUT2D eigenvalue weighted by molar-refractivity contribution is 7.97. The summed E-state index contributed by atoms with van der Waals surface area (Å²) < 4.78 is 0. The third-order valence-corrected chi connectivity index (χ3v) is 8.52. The molecule has 0 aliphatic rings. The third-order valence-electron chi connectivity index (χ3n) is 5.48. The van der Waals surface area contributed by atoms with Crippen molar-refractivity contribution >= 4 is 10.9 Å². The second-order valence-corrected chi connectivity index (χ2v) is 10.6. The molecule has 0 radical (unpaired) electrons. The maximum atomic E-state index is 2.40. The Bertz CT molecular complexity index is 236. The van der Waals surface area contributed by atoms with Crippen LogP contribution in [-0.2, 0) is 10.9 Å². The van der Waals surface area contributed by atoms with Crippen molar-refractivity contribution in [2.24, 2.45) is 0 Å². The van der Waals surface area contributed by atoms with Crippen molar-refractivity contribution in [2.45, 2.75) is 142 Å². The molecule has 0 nitrogen and oxygen atoms in total. The minimum Gasteiger partial charge on any atom is -1.00 e. The van der Waals surface area contributed by atoms with E-state index in [1.165, 1.54) is 121 Å². The lowest BCUT2D eigenvalue weighted by molar-refractivity contribution is -0.00000569. The first-order valence-electron chi connectivity index (χ1n) is 12.0. The van der Waals surface area contributed by atoms with E-state index < -0.39 is 0 Å². The molecule has 0 amide bonds. The normalized spacial score (nSPS) is 12.3. The Morgan fingerprint density at radius 1 is 0.462 bits per heavy atom. The lowest BCUT2D eigenvalue weighted by atomic mass is 10.0. The Balaban J connectivity index is 0. The summed E-state index contributed by atoms with van der Waals surface area (Å²) in [5.41, 5.74) is 0. The molecular formula is C24H51ClS.